The number of nitrogens with zero attached hydrogens (tertiary/aromatic N) is 1. The maximum Gasteiger partial charge on any atom is 0.243 e. The summed E-state index contributed by atoms with van der Waals surface area (Å²) >= 11 is 0. The normalized spacial score (nSPS) is 13.2. The zero-order valence-corrected chi connectivity index (χ0v) is 16.5. The Hall–Kier alpha value is -3.80. The number of rotatable bonds is 7. The van der Waals surface area contributed by atoms with E-state index in [0.717, 1.165) is 17.8 Å². The number of anilines is 3. The van der Waals surface area contributed by atoms with Crippen LogP contribution in [0.1, 0.15) is 12.8 Å². The second-order valence-electron chi connectivity index (χ2n) is 6.98. The van der Waals surface area contributed by atoms with Crippen LogP contribution in [0.2, 0.25) is 0 Å². The van der Waals surface area contributed by atoms with Crippen molar-refractivity contribution in [2.75, 3.05) is 28.6 Å². The van der Waals surface area contributed by atoms with Gasteiger partial charge in [-0.05, 0) is 42.8 Å². The quantitative estimate of drug-likeness (QED) is 0.604. The summed E-state index contributed by atoms with van der Waals surface area (Å²) in [6.45, 7) is 0.770. The summed E-state index contributed by atoms with van der Waals surface area (Å²) < 4.78 is 5.89. The van der Waals surface area contributed by atoms with Gasteiger partial charge in [0.15, 0.2) is 5.75 Å². The molecule has 0 spiro atoms. The number of ether oxygens (including phenoxy) is 1. The number of carbonyl (C=O) groups excluding carboxylic acids is 2. The van der Waals surface area contributed by atoms with Gasteiger partial charge in [0.25, 0.3) is 0 Å². The van der Waals surface area contributed by atoms with Crippen molar-refractivity contribution in [3.8, 4) is 11.5 Å². The molecule has 0 bridgehead atoms. The molecule has 3 aromatic carbocycles. The maximum absolute atomic E-state index is 12.6. The molecule has 1 aliphatic heterocycles. The summed E-state index contributed by atoms with van der Waals surface area (Å²) in [5.74, 6) is 1.17. The third kappa shape index (κ3) is 4.60. The summed E-state index contributed by atoms with van der Waals surface area (Å²) in [4.78, 5) is 26.4. The first-order chi connectivity index (χ1) is 14.7. The molecule has 1 heterocycles. The Morgan fingerprint density at radius 1 is 0.900 bits per heavy atom. The standard InChI is InChI=1S/C24H23N3O3/c28-23(17-25-19-11-4-6-13-21(19)27-16-8-15-24(27)29)26-20-12-5-7-14-22(20)30-18-9-2-1-3-10-18/h1-7,9-14,25H,8,15-17H2,(H,26,28). The first-order valence-corrected chi connectivity index (χ1v) is 9.96. The van der Waals surface area contributed by atoms with E-state index in [1.165, 1.54) is 0 Å². The highest BCUT2D eigenvalue weighted by Crippen LogP contribution is 2.30. The molecule has 30 heavy (non-hydrogen) atoms. The van der Waals surface area contributed by atoms with E-state index in [1.807, 2.05) is 72.8 Å². The minimum atomic E-state index is -0.207. The van der Waals surface area contributed by atoms with Gasteiger partial charge < -0.3 is 20.3 Å². The molecular weight excluding hydrogens is 378 g/mol. The minimum absolute atomic E-state index is 0.0682. The number of amides is 2. The molecule has 2 N–H and O–H groups in total. The van der Waals surface area contributed by atoms with Crippen LogP contribution in [0.25, 0.3) is 0 Å². The second-order valence-corrected chi connectivity index (χ2v) is 6.98. The third-order valence-electron chi connectivity index (χ3n) is 4.84. The summed E-state index contributed by atoms with van der Waals surface area (Å²) in [6.07, 6.45) is 1.42. The SMILES string of the molecule is O=C(CNc1ccccc1N1CCCC1=O)Nc1ccccc1Oc1ccccc1. The van der Waals surface area contributed by atoms with Gasteiger partial charge in [-0.2, -0.15) is 0 Å². The molecular formula is C24H23N3O3. The van der Waals surface area contributed by atoms with Crippen LogP contribution in [0, 0.1) is 0 Å². The average Bonchev–Trinajstić information content (AvgIpc) is 3.20. The molecule has 1 saturated heterocycles. The Bertz CT molecular complexity index is 1040. The number of carbonyl (C=O) groups is 2. The molecule has 6 heteroatoms. The van der Waals surface area contributed by atoms with E-state index in [0.29, 0.717) is 30.2 Å². The smallest absolute Gasteiger partial charge is 0.243 e. The van der Waals surface area contributed by atoms with E-state index in [2.05, 4.69) is 10.6 Å². The molecule has 1 fully saturated rings. The zero-order chi connectivity index (χ0) is 20.8. The highest BCUT2D eigenvalue weighted by Gasteiger charge is 2.23. The monoisotopic (exact) mass is 401 g/mol. The highest BCUT2D eigenvalue weighted by molar-refractivity contribution is 5.99. The van der Waals surface area contributed by atoms with Crippen LogP contribution >= 0.6 is 0 Å². The van der Waals surface area contributed by atoms with E-state index >= 15 is 0 Å². The van der Waals surface area contributed by atoms with Gasteiger partial charge in [-0.3, -0.25) is 9.59 Å². The number of nitrogens with one attached hydrogen (secondary N) is 2. The lowest BCUT2D eigenvalue weighted by molar-refractivity contribution is -0.117. The van der Waals surface area contributed by atoms with E-state index in [9.17, 15) is 9.59 Å². The lowest BCUT2D eigenvalue weighted by Gasteiger charge is -2.20. The summed E-state index contributed by atoms with van der Waals surface area (Å²) in [5.41, 5.74) is 2.16. The lowest BCUT2D eigenvalue weighted by atomic mass is 10.2. The molecule has 0 aliphatic carbocycles. The van der Waals surface area contributed by atoms with Gasteiger partial charge in [-0.1, -0.05) is 42.5 Å². The second kappa shape index (κ2) is 9.13. The molecule has 0 saturated carbocycles. The maximum atomic E-state index is 12.6. The van der Waals surface area contributed by atoms with Crippen molar-refractivity contribution in [2.45, 2.75) is 12.8 Å². The molecule has 0 atom stereocenters. The van der Waals surface area contributed by atoms with E-state index in [1.54, 1.807) is 11.0 Å². The topological polar surface area (TPSA) is 70.7 Å². The first kappa shape index (κ1) is 19.5. The molecule has 1 aliphatic rings. The van der Waals surface area contributed by atoms with Gasteiger partial charge in [0.1, 0.15) is 5.75 Å². The zero-order valence-electron chi connectivity index (χ0n) is 16.5. The number of para-hydroxylation sites is 5. The van der Waals surface area contributed by atoms with Gasteiger partial charge in [-0.15, -0.1) is 0 Å². The molecule has 0 unspecified atom stereocenters. The Morgan fingerprint density at radius 3 is 2.37 bits per heavy atom. The molecule has 0 aromatic heterocycles. The molecule has 3 aromatic rings. The van der Waals surface area contributed by atoms with Gasteiger partial charge in [0, 0.05) is 13.0 Å². The van der Waals surface area contributed by atoms with Crippen molar-refractivity contribution in [2.24, 2.45) is 0 Å². The van der Waals surface area contributed by atoms with Crippen molar-refractivity contribution < 1.29 is 14.3 Å². The summed E-state index contributed by atoms with van der Waals surface area (Å²) in [7, 11) is 0. The molecule has 152 valence electrons. The van der Waals surface area contributed by atoms with Gasteiger partial charge in [0.05, 0.1) is 23.6 Å². The Morgan fingerprint density at radius 2 is 1.60 bits per heavy atom. The number of benzene rings is 3. The van der Waals surface area contributed by atoms with Crippen LogP contribution in [0.15, 0.2) is 78.9 Å². The van der Waals surface area contributed by atoms with Crippen LogP contribution < -0.4 is 20.3 Å². The lowest BCUT2D eigenvalue weighted by Crippen LogP contribution is -2.26. The van der Waals surface area contributed by atoms with Crippen LogP contribution in [0.5, 0.6) is 11.5 Å². The molecule has 2 amide bonds. The van der Waals surface area contributed by atoms with E-state index in [-0.39, 0.29) is 18.4 Å². The third-order valence-corrected chi connectivity index (χ3v) is 4.84. The van der Waals surface area contributed by atoms with E-state index < -0.39 is 0 Å². The van der Waals surface area contributed by atoms with Gasteiger partial charge >= 0.3 is 0 Å². The fourth-order valence-corrected chi connectivity index (χ4v) is 3.41. The minimum Gasteiger partial charge on any atom is -0.455 e. The Balaban J connectivity index is 1.41. The van der Waals surface area contributed by atoms with Gasteiger partial charge in [0.2, 0.25) is 11.8 Å². The van der Waals surface area contributed by atoms with Crippen molar-refractivity contribution >= 4 is 28.9 Å². The number of hydrogen-bond donors (Lipinski definition) is 2. The predicted molar refractivity (Wildman–Crippen MR) is 118 cm³/mol. The number of hydrogen-bond acceptors (Lipinski definition) is 4. The Labute approximate surface area is 175 Å². The van der Waals surface area contributed by atoms with Crippen molar-refractivity contribution in [1.82, 2.24) is 0 Å². The first-order valence-electron chi connectivity index (χ1n) is 9.96. The van der Waals surface area contributed by atoms with Gasteiger partial charge in [-0.25, -0.2) is 0 Å². The molecule has 0 radical (unpaired) electrons. The van der Waals surface area contributed by atoms with Crippen molar-refractivity contribution in [3.63, 3.8) is 0 Å². The molecule has 6 nitrogen and oxygen atoms in total. The van der Waals surface area contributed by atoms with Crippen LogP contribution in [0.4, 0.5) is 17.1 Å². The van der Waals surface area contributed by atoms with Crippen molar-refractivity contribution in [1.29, 1.82) is 0 Å². The van der Waals surface area contributed by atoms with Crippen LogP contribution in [-0.4, -0.2) is 24.9 Å². The molecule has 4 rings (SSSR count). The Kier molecular flexibility index (Phi) is 5.94. The average molecular weight is 401 g/mol. The summed E-state index contributed by atoms with van der Waals surface area (Å²) in [6, 6.07) is 24.3. The van der Waals surface area contributed by atoms with Crippen LogP contribution in [-0.2, 0) is 9.59 Å². The highest BCUT2D eigenvalue weighted by atomic mass is 16.5. The largest absolute Gasteiger partial charge is 0.455 e. The fraction of sp³-hybridized carbons (Fsp3) is 0.167. The summed E-state index contributed by atoms with van der Waals surface area (Å²) in [5, 5.41) is 6.04. The predicted octanol–water partition coefficient (Wildman–Crippen LogP) is 4.66. The van der Waals surface area contributed by atoms with Crippen LogP contribution in [0.3, 0.4) is 0 Å². The van der Waals surface area contributed by atoms with Crippen molar-refractivity contribution in [3.05, 3.63) is 78.9 Å². The van der Waals surface area contributed by atoms with E-state index in [4.69, 9.17) is 4.74 Å². The fourth-order valence-electron chi connectivity index (χ4n) is 3.41.